The molecule has 23 heavy (non-hydrogen) atoms. The van der Waals surface area contributed by atoms with Gasteiger partial charge in [-0.25, -0.2) is 4.79 Å². The van der Waals surface area contributed by atoms with Crippen LogP contribution in [0.2, 0.25) is 0 Å². The third kappa shape index (κ3) is 5.60. The molecule has 1 aliphatic rings. The van der Waals surface area contributed by atoms with Gasteiger partial charge in [-0.15, -0.1) is 0 Å². The second kappa shape index (κ2) is 8.76. The fraction of sp³-hybridized carbons (Fsp3) is 0.211. The first-order valence-corrected chi connectivity index (χ1v) is 7.34. The maximum absolute atomic E-state index is 9.84. The summed E-state index contributed by atoms with van der Waals surface area (Å²) in [6, 6.07) is 18.4. The van der Waals surface area contributed by atoms with Gasteiger partial charge in [0.15, 0.2) is 0 Å². The third-order valence-electron chi connectivity index (χ3n) is 3.17. The van der Waals surface area contributed by atoms with E-state index in [1.54, 1.807) is 0 Å². The lowest BCUT2D eigenvalue weighted by molar-refractivity contribution is -0.134. The maximum Gasteiger partial charge on any atom is 0.329 e. The zero-order chi connectivity index (χ0) is 16.5. The molecule has 1 saturated heterocycles. The molecule has 0 N–H and O–H groups in total. The number of hydrogen-bond acceptors (Lipinski definition) is 4. The van der Waals surface area contributed by atoms with E-state index in [0.29, 0.717) is 12.7 Å². The van der Waals surface area contributed by atoms with E-state index in [4.69, 9.17) is 9.47 Å². The van der Waals surface area contributed by atoms with Crippen molar-refractivity contribution in [2.75, 3.05) is 20.3 Å². The molecule has 0 radical (unpaired) electrons. The Hall–Kier alpha value is -2.59. The number of carbonyl (C=O) groups is 1. The molecule has 4 nitrogen and oxygen atoms in total. The van der Waals surface area contributed by atoms with Crippen LogP contribution in [0.4, 0.5) is 0 Å². The van der Waals surface area contributed by atoms with E-state index in [1.165, 1.54) is 12.7 Å². The van der Waals surface area contributed by atoms with E-state index in [0.717, 1.165) is 24.0 Å². The Labute approximate surface area is 136 Å². The van der Waals surface area contributed by atoms with Crippen molar-refractivity contribution in [3.63, 3.8) is 0 Å². The van der Waals surface area contributed by atoms with Crippen LogP contribution in [0.1, 0.15) is 0 Å². The fourth-order valence-electron chi connectivity index (χ4n) is 1.88. The van der Waals surface area contributed by atoms with Crippen molar-refractivity contribution in [1.29, 1.82) is 0 Å². The van der Waals surface area contributed by atoms with E-state index in [-0.39, 0.29) is 0 Å². The second-order valence-corrected chi connectivity index (χ2v) is 4.86. The SMILES string of the molecule is C=CC(=O)OC.c1ccc(-c2ccccc2OCC2CO2)cc1. The molecule has 3 rings (SSSR count). The van der Waals surface area contributed by atoms with Gasteiger partial charge in [-0.1, -0.05) is 55.1 Å². The van der Waals surface area contributed by atoms with Gasteiger partial charge in [0.1, 0.15) is 18.5 Å². The first kappa shape index (κ1) is 16.8. The van der Waals surface area contributed by atoms with E-state index in [1.807, 2.05) is 36.4 Å². The monoisotopic (exact) mass is 312 g/mol. The number of benzene rings is 2. The van der Waals surface area contributed by atoms with Crippen LogP contribution < -0.4 is 4.74 Å². The Morgan fingerprint density at radius 1 is 1.22 bits per heavy atom. The molecule has 0 bridgehead atoms. The average Bonchev–Trinajstić information content (AvgIpc) is 3.45. The Balaban J connectivity index is 0.000000277. The number of para-hydroxylation sites is 1. The zero-order valence-electron chi connectivity index (χ0n) is 13.1. The second-order valence-electron chi connectivity index (χ2n) is 4.86. The minimum absolute atomic E-state index is 0.291. The highest BCUT2D eigenvalue weighted by atomic mass is 16.6. The number of carbonyl (C=O) groups excluding carboxylic acids is 1. The summed E-state index contributed by atoms with van der Waals surface area (Å²) in [5, 5.41) is 0. The maximum atomic E-state index is 9.84. The van der Waals surface area contributed by atoms with E-state index >= 15 is 0 Å². The van der Waals surface area contributed by atoms with Crippen molar-refractivity contribution in [2.24, 2.45) is 0 Å². The molecule has 0 saturated carbocycles. The Morgan fingerprint density at radius 3 is 2.43 bits per heavy atom. The molecule has 0 aromatic heterocycles. The first-order valence-electron chi connectivity index (χ1n) is 7.34. The molecule has 0 spiro atoms. The molecule has 1 fully saturated rings. The van der Waals surface area contributed by atoms with Crippen molar-refractivity contribution in [2.45, 2.75) is 6.10 Å². The van der Waals surface area contributed by atoms with Gasteiger partial charge in [-0.05, 0) is 11.6 Å². The van der Waals surface area contributed by atoms with Gasteiger partial charge in [-0.2, -0.15) is 0 Å². The quantitative estimate of drug-likeness (QED) is 0.482. The number of methoxy groups -OCH3 is 1. The summed E-state index contributed by atoms with van der Waals surface area (Å²) in [5.41, 5.74) is 2.31. The van der Waals surface area contributed by atoms with E-state index < -0.39 is 5.97 Å². The molecule has 4 heteroatoms. The number of epoxide rings is 1. The smallest absolute Gasteiger partial charge is 0.329 e. The van der Waals surface area contributed by atoms with Crippen LogP contribution in [0.25, 0.3) is 11.1 Å². The van der Waals surface area contributed by atoms with Crippen LogP contribution in [0.15, 0.2) is 67.3 Å². The molecule has 0 aliphatic carbocycles. The molecular weight excluding hydrogens is 292 g/mol. The van der Waals surface area contributed by atoms with Crippen molar-refractivity contribution in [1.82, 2.24) is 0 Å². The summed E-state index contributed by atoms with van der Waals surface area (Å²) in [7, 11) is 1.31. The van der Waals surface area contributed by atoms with Crippen LogP contribution in [-0.2, 0) is 14.3 Å². The predicted octanol–water partition coefficient (Wildman–Crippen LogP) is 3.48. The molecular formula is C19H20O4. The van der Waals surface area contributed by atoms with Gasteiger partial charge in [0.05, 0.1) is 13.7 Å². The highest BCUT2D eigenvalue weighted by Gasteiger charge is 2.23. The van der Waals surface area contributed by atoms with Gasteiger partial charge in [0, 0.05) is 11.6 Å². The Kier molecular flexibility index (Phi) is 6.39. The zero-order valence-corrected chi connectivity index (χ0v) is 13.1. The van der Waals surface area contributed by atoms with Gasteiger partial charge < -0.3 is 14.2 Å². The molecule has 1 aliphatic heterocycles. The summed E-state index contributed by atoms with van der Waals surface area (Å²) in [6.45, 7) is 4.63. The Morgan fingerprint density at radius 2 is 1.87 bits per heavy atom. The molecule has 1 heterocycles. The lowest BCUT2D eigenvalue weighted by Crippen LogP contribution is -2.04. The molecule has 2 aromatic carbocycles. The highest BCUT2D eigenvalue weighted by Crippen LogP contribution is 2.30. The lowest BCUT2D eigenvalue weighted by Gasteiger charge is -2.10. The van der Waals surface area contributed by atoms with Crippen LogP contribution in [-0.4, -0.2) is 32.4 Å². The third-order valence-corrected chi connectivity index (χ3v) is 3.17. The predicted molar refractivity (Wildman–Crippen MR) is 89.3 cm³/mol. The van der Waals surface area contributed by atoms with Crippen LogP contribution >= 0.6 is 0 Å². The van der Waals surface area contributed by atoms with Crippen molar-refractivity contribution >= 4 is 5.97 Å². The number of rotatable bonds is 5. The van der Waals surface area contributed by atoms with E-state index in [2.05, 4.69) is 29.5 Å². The van der Waals surface area contributed by atoms with Gasteiger partial charge in [0.2, 0.25) is 0 Å². The van der Waals surface area contributed by atoms with Crippen LogP contribution in [0, 0.1) is 0 Å². The lowest BCUT2D eigenvalue weighted by atomic mass is 10.1. The summed E-state index contributed by atoms with van der Waals surface area (Å²) in [4.78, 5) is 9.84. The topological polar surface area (TPSA) is 48.1 Å². The number of hydrogen-bond donors (Lipinski definition) is 0. The minimum atomic E-state index is -0.394. The molecule has 2 aromatic rings. The summed E-state index contributed by atoms with van der Waals surface area (Å²) in [6.07, 6.45) is 1.40. The Bertz CT molecular complexity index is 633. The minimum Gasteiger partial charge on any atom is -0.490 e. The first-order chi connectivity index (χ1) is 11.2. The normalized spacial score (nSPS) is 14.9. The molecule has 0 amide bonds. The van der Waals surface area contributed by atoms with Gasteiger partial charge in [-0.3, -0.25) is 0 Å². The van der Waals surface area contributed by atoms with Gasteiger partial charge >= 0.3 is 5.97 Å². The van der Waals surface area contributed by atoms with Crippen LogP contribution in [0.3, 0.4) is 0 Å². The van der Waals surface area contributed by atoms with E-state index in [9.17, 15) is 4.79 Å². The summed E-state index contributed by atoms with van der Waals surface area (Å²) < 4.78 is 15.1. The summed E-state index contributed by atoms with van der Waals surface area (Å²) in [5.74, 6) is 0.532. The largest absolute Gasteiger partial charge is 0.490 e. The van der Waals surface area contributed by atoms with Crippen LogP contribution in [0.5, 0.6) is 5.75 Å². The summed E-state index contributed by atoms with van der Waals surface area (Å²) >= 11 is 0. The van der Waals surface area contributed by atoms with Crippen molar-refractivity contribution < 1.29 is 19.0 Å². The number of esters is 1. The molecule has 1 atom stereocenters. The van der Waals surface area contributed by atoms with Gasteiger partial charge in [0.25, 0.3) is 0 Å². The highest BCUT2D eigenvalue weighted by molar-refractivity contribution is 5.80. The molecule has 1 unspecified atom stereocenters. The molecule has 120 valence electrons. The van der Waals surface area contributed by atoms with Crippen molar-refractivity contribution in [3.8, 4) is 16.9 Å². The fourth-order valence-corrected chi connectivity index (χ4v) is 1.88. The standard InChI is InChI=1S/C15H14O2.C4H6O2/c1-2-6-12(7-3-1)14-8-4-5-9-15(14)17-11-13-10-16-13;1-3-4(5)6-2/h1-9,13H,10-11H2;3H,1H2,2H3. The van der Waals surface area contributed by atoms with Crippen molar-refractivity contribution in [3.05, 3.63) is 67.3 Å². The average molecular weight is 312 g/mol. The number of ether oxygens (including phenoxy) is 3.